The molecule has 0 bridgehead atoms. The number of carboxylic acids is 1. The Labute approximate surface area is 89.9 Å². The first-order valence-corrected chi connectivity index (χ1v) is 4.47. The Bertz CT molecular complexity index is 600. The maximum atomic E-state index is 10.9. The molecule has 0 aliphatic carbocycles. The van der Waals surface area contributed by atoms with E-state index in [1.807, 2.05) is 0 Å². The SMILES string of the molecule is Cn1cc(C(=O)O)c2cc([N+](=O)[O-])ccc21. The molecule has 16 heavy (non-hydrogen) atoms. The molecule has 0 radical (unpaired) electrons. The van der Waals surface area contributed by atoms with Gasteiger partial charge in [-0.1, -0.05) is 0 Å². The molecule has 0 spiro atoms. The normalized spacial score (nSPS) is 10.6. The number of non-ortho nitro benzene ring substituents is 1. The third-order valence-electron chi connectivity index (χ3n) is 2.41. The molecular formula is C10H8N2O4. The van der Waals surface area contributed by atoms with Crippen molar-refractivity contribution in [1.29, 1.82) is 0 Å². The van der Waals surface area contributed by atoms with Crippen molar-refractivity contribution < 1.29 is 14.8 Å². The molecule has 6 heteroatoms. The van der Waals surface area contributed by atoms with Crippen molar-refractivity contribution in [3.8, 4) is 0 Å². The van der Waals surface area contributed by atoms with E-state index < -0.39 is 10.9 Å². The number of carboxylic acid groups (broad SMARTS) is 1. The standard InChI is InChI=1S/C10H8N2O4/c1-11-5-8(10(13)14)7-4-6(12(15)16)2-3-9(7)11/h2-5H,1H3,(H,13,14). The second kappa shape index (κ2) is 3.34. The summed E-state index contributed by atoms with van der Waals surface area (Å²) in [7, 11) is 1.70. The van der Waals surface area contributed by atoms with Crippen LogP contribution >= 0.6 is 0 Å². The Morgan fingerprint density at radius 1 is 1.50 bits per heavy atom. The first-order valence-electron chi connectivity index (χ1n) is 4.47. The molecule has 1 aromatic carbocycles. The van der Waals surface area contributed by atoms with Crippen molar-refractivity contribution in [2.45, 2.75) is 0 Å². The minimum atomic E-state index is -1.09. The van der Waals surface area contributed by atoms with Crippen LogP contribution in [0, 0.1) is 10.1 Å². The van der Waals surface area contributed by atoms with E-state index in [4.69, 9.17) is 5.11 Å². The Kier molecular flexibility index (Phi) is 2.12. The van der Waals surface area contributed by atoms with Crippen molar-refractivity contribution in [1.82, 2.24) is 4.57 Å². The van der Waals surface area contributed by atoms with E-state index in [0.717, 1.165) is 0 Å². The summed E-state index contributed by atoms with van der Waals surface area (Å²) >= 11 is 0. The molecule has 0 aliphatic rings. The molecular weight excluding hydrogens is 212 g/mol. The van der Waals surface area contributed by atoms with Gasteiger partial charge < -0.3 is 9.67 Å². The molecule has 1 aromatic heterocycles. The second-order valence-corrected chi connectivity index (χ2v) is 3.42. The summed E-state index contributed by atoms with van der Waals surface area (Å²) in [5.41, 5.74) is 0.616. The van der Waals surface area contributed by atoms with Gasteiger partial charge in [0, 0.05) is 36.3 Å². The third kappa shape index (κ3) is 1.40. The molecule has 1 N–H and O–H groups in total. The highest BCUT2D eigenvalue weighted by atomic mass is 16.6. The number of rotatable bonds is 2. The molecule has 0 saturated heterocycles. The lowest BCUT2D eigenvalue weighted by atomic mass is 10.1. The van der Waals surface area contributed by atoms with Crippen LogP contribution in [0.1, 0.15) is 10.4 Å². The van der Waals surface area contributed by atoms with Crippen LogP contribution in [0.4, 0.5) is 5.69 Å². The molecule has 1 heterocycles. The summed E-state index contributed by atoms with van der Waals surface area (Å²) in [6, 6.07) is 4.17. The summed E-state index contributed by atoms with van der Waals surface area (Å²) < 4.78 is 1.63. The molecule has 0 amide bonds. The summed E-state index contributed by atoms with van der Waals surface area (Å²) in [5.74, 6) is -1.09. The number of aromatic carboxylic acids is 1. The van der Waals surface area contributed by atoms with Crippen LogP contribution in [0.3, 0.4) is 0 Å². The van der Waals surface area contributed by atoms with Crippen molar-refractivity contribution in [2.75, 3.05) is 0 Å². The molecule has 2 aromatic rings. The predicted molar refractivity (Wildman–Crippen MR) is 56.5 cm³/mol. The zero-order chi connectivity index (χ0) is 11.9. The minimum absolute atomic E-state index is 0.0706. The summed E-state index contributed by atoms with van der Waals surface area (Å²) in [6.45, 7) is 0. The number of hydrogen-bond acceptors (Lipinski definition) is 3. The Balaban J connectivity index is 2.79. The van der Waals surface area contributed by atoms with Crippen LogP contribution in [0.15, 0.2) is 24.4 Å². The maximum Gasteiger partial charge on any atom is 0.337 e. The van der Waals surface area contributed by atoms with E-state index in [9.17, 15) is 14.9 Å². The number of aryl methyl sites for hydroxylation is 1. The first kappa shape index (κ1) is 10.2. The smallest absolute Gasteiger partial charge is 0.337 e. The number of benzene rings is 1. The van der Waals surface area contributed by atoms with E-state index in [1.165, 1.54) is 18.3 Å². The number of carbonyl (C=O) groups is 1. The predicted octanol–water partition coefficient (Wildman–Crippen LogP) is 1.78. The first-order chi connectivity index (χ1) is 7.50. The lowest BCUT2D eigenvalue weighted by Crippen LogP contribution is -1.94. The molecule has 0 saturated carbocycles. The molecule has 82 valence electrons. The zero-order valence-corrected chi connectivity index (χ0v) is 8.38. The van der Waals surface area contributed by atoms with Gasteiger partial charge in [0.05, 0.1) is 10.5 Å². The van der Waals surface area contributed by atoms with Crippen molar-refractivity contribution in [3.05, 3.63) is 40.1 Å². The number of hydrogen-bond donors (Lipinski definition) is 1. The highest BCUT2D eigenvalue weighted by molar-refractivity contribution is 6.04. The van der Waals surface area contributed by atoms with Gasteiger partial charge in [-0.05, 0) is 6.07 Å². The van der Waals surface area contributed by atoms with E-state index >= 15 is 0 Å². The summed E-state index contributed by atoms with van der Waals surface area (Å²) in [4.78, 5) is 21.0. The van der Waals surface area contributed by atoms with Gasteiger partial charge in [-0.15, -0.1) is 0 Å². The van der Waals surface area contributed by atoms with Crippen molar-refractivity contribution in [2.24, 2.45) is 7.05 Å². The monoisotopic (exact) mass is 220 g/mol. The lowest BCUT2D eigenvalue weighted by molar-refractivity contribution is -0.384. The Morgan fingerprint density at radius 2 is 2.19 bits per heavy atom. The summed E-state index contributed by atoms with van der Waals surface area (Å²) in [5, 5.41) is 19.9. The van der Waals surface area contributed by atoms with Crippen LogP contribution in [-0.4, -0.2) is 20.6 Å². The van der Waals surface area contributed by atoms with Gasteiger partial charge in [0.15, 0.2) is 0 Å². The number of fused-ring (bicyclic) bond motifs is 1. The largest absolute Gasteiger partial charge is 0.478 e. The zero-order valence-electron chi connectivity index (χ0n) is 8.38. The highest BCUT2D eigenvalue weighted by Gasteiger charge is 2.15. The molecule has 6 nitrogen and oxygen atoms in total. The highest BCUT2D eigenvalue weighted by Crippen LogP contribution is 2.25. The number of nitro benzene ring substituents is 1. The van der Waals surface area contributed by atoms with Crippen LogP contribution in [-0.2, 0) is 7.05 Å². The van der Waals surface area contributed by atoms with E-state index in [-0.39, 0.29) is 11.3 Å². The second-order valence-electron chi connectivity index (χ2n) is 3.42. The lowest BCUT2D eigenvalue weighted by Gasteiger charge is -1.95. The number of aromatic nitrogens is 1. The van der Waals surface area contributed by atoms with Crippen molar-refractivity contribution >= 4 is 22.6 Å². The van der Waals surface area contributed by atoms with E-state index in [0.29, 0.717) is 10.9 Å². The van der Waals surface area contributed by atoms with Crippen LogP contribution in [0.25, 0.3) is 10.9 Å². The van der Waals surface area contributed by atoms with E-state index in [2.05, 4.69) is 0 Å². The fourth-order valence-electron chi connectivity index (χ4n) is 1.66. The van der Waals surface area contributed by atoms with Gasteiger partial charge in [-0.25, -0.2) is 4.79 Å². The quantitative estimate of drug-likeness (QED) is 0.617. The van der Waals surface area contributed by atoms with E-state index in [1.54, 1.807) is 17.7 Å². The van der Waals surface area contributed by atoms with Gasteiger partial charge >= 0.3 is 5.97 Å². The average molecular weight is 220 g/mol. The average Bonchev–Trinajstić information content (AvgIpc) is 2.56. The molecule has 2 rings (SSSR count). The Morgan fingerprint density at radius 3 is 2.75 bits per heavy atom. The Hall–Kier alpha value is -2.37. The van der Waals surface area contributed by atoms with Crippen LogP contribution < -0.4 is 0 Å². The van der Waals surface area contributed by atoms with Crippen molar-refractivity contribution in [3.63, 3.8) is 0 Å². The fraction of sp³-hybridized carbons (Fsp3) is 0.100. The number of nitrogens with zero attached hydrogens (tertiary/aromatic N) is 2. The molecule has 0 fully saturated rings. The van der Waals surface area contributed by atoms with Gasteiger partial charge in [-0.2, -0.15) is 0 Å². The van der Waals surface area contributed by atoms with Crippen LogP contribution in [0.2, 0.25) is 0 Å². The van der Waals surface area contributed by atoms with Gasteiger partial charge in [0.25, 0.3) is 5.69 Å². The summed E-state index contributed by atoms with van der Waals surface area (Å²) in [6.07, 6.45) is 1.44. The fourth-order valence-corrected chi connectivity index (χ4v) is 1.66. The third-order valence-corrected chi connectivity index (χ3v) is 2.41. The minimum Gasteiger partial charge on any atom is -0.478 e. The molecule has 0 atom stereocenters. The van der Waals surface area contributed by atoms with Gasteiger partial charge in [0.2, 0.25) is 0 Å². The van der Waals surface area contributed by atoms with Gasteiger partial charge in [-0.3, -0.25) is 10.1 Å². The molecule has 0 unspecified atom stereocenters. The van der Waals surface area contributed by atoms with Crippen LogP contribution in [0.5, 0.6) is 0 Å². The topological polar surface area (TPSA) is 85.4 Å². The van der Waals surface area contributed by atoms with Gasteiger partial charge in [0.1, 0.15) is 0 Å². The maximum absolute atomic E-state index is 10.9. The molecule has 0 aliphatic heterocycles. The number of nitro groups is 1.